The highest BCUT2D eigenvalue weighted by Gasteiger charge is 2.26. The summed E-state index contributed by atoms with van der Waals surface area (Å²) in [5.74, 6) is 2.75. The number of carbonyl (C=O) groups excluding carboxylic acids is 1. The molecule has 2 fully saturated rings. The fourth-order valence-corrected chi connectivity index (χ4v) is 4.73. The predicted molar refractivity (Wildman–Crippen MR) is 145 cm³/mol. The number of ether oxygens (including phenoxy) is 4. The summed E-state index contributed by atoms with van der Waals surface area (Å²) in [5.41, 5.74) is 3.02. The summed E-state index contributed by atoms with van der Waals surface area (Å²) in [6.07, 6.45) is 5.00. The predicted octanol–water partition coefficient (Wildman–Crippen LogP) is 3.26. The Morgan fingerprint density at radius 1 is 0.895 bits per heavy atom. The van der Waals surface area contributed by atoms with Crippen LogP contribution in [0.25, 0.3) is 10.9 Å². The first-order valence-electron chi connectivity index (χ1n) is 13.1. The van der Waals surface area contributed by atoms with Crippen molar-refractivity contribution in [2.45, 2.75) is 18.8 Å². The van der Waals surface area contributed by atoms with Crippen LogP contribution in [0.1, 0.15) is 24.3 Å². The lowest BCUT2D eigenvalue weighted by Gasteiger charge is -2.40. The summed E-state index contributed by atoms with van der Waals surface area (Å²) in [6, 6.07) is 12.2. The first-order valence-corrected chi connectivity index (χ1v) is 13.1. The average molecular weight is 522 g/mol. The molecule has 1 saturated carbocycles. The van der Waals surface area contributed by atoms with E-state index in [1.54, 1.807) is 25.6 Å². The second-order valence-corrected chi connectivity index (χ2v) is 9.45. The Morgan fingerprint density at radius 2 is 1.55 bits per heavy atom. The highest BCUT2D eigenvalue weighted by atomic mass is 16.5. The number of nitrogens with zero attached hydrogens (tertiary/aromatic N) is 5. The molecule has 1 aromatic heterocycles. The van der Waals surface area contributed by atoms with Gasteiger partial charge in [-0.15, -0.1) is 0 Å². The Balaban J connectivity index is 1.32. The van der Waals surface area contributed by atoms with E-state index in [4.69, 9.17) is 18.9 Å². The van der Waals surface area contributed by atoms with Crippen LogP contribution in [0.5, 0.6) is 11.5 Å². The Hall–Kier alpha value is -3.47. The van der Waals surface area contributed by atoms with Gasteiger partial charge in [-0.25, -0.2) is 20.0 Å². The lowest BCUT2D eigenvalue weighted by molar-refractivity contribution is -0.110. The largest absolute Gasteiger partial charge is 0.487 e. The van der Waals surface area contributed by atoms with E-state index in [9.17, 15) is 4.79 Å². The molecule has 1 aliphatic heterocycles. The molecule has 5 rings (SSSR count). The smallest absolute Gasteiger partial charge is 0.228 e. The van der Waals surface area contributed by atoms with Crippen molar-refractivity contribution >= 4 is 28.8 Å². The second-order valence-electron chi connectivity index (χ2n) is 9.45. The molecule has 0 radical (unpaired) electrons. The van der Waals surface area contributed by atoms with Gasteiger partial charge in [0.15, 0.2) is 11.5 Å². The van der Waals surface area contributed by atoms with E-state index in [2.05, 4.69) is 32.0 Å². The van der Waals surface area contributed by atoms with Gasteiger partial charge in [-0.2, -0.15) is 0 Å². The number of hydrogen-bond acceptors (Lipinski definition) is 9. The maximum absolute atomic E-state index is 12.0. The van der Waals surface area contributed by atoms with Crippen LogP contribution in [0, 0.1) is 0 Å². The molecule has 10 nitrogen and oxygen atoms in total. The molecule has 1 aliphatic carbocycles. The van der Waals surface area contributed by atoms with Crippen molar-refractivity contribution in [1.29, 1.82) is 0 Å². The van der Waals surface area contributed by atoms with E-state index in [0.717, 1.165) is 28.8 Å². The van der Waals surface area contributed by atoms with E-state index in [0.29, 0.717) is 70.0 Å². The number of piperazine rings is 1. The third-order valence-corrected chi connectivity index (χ3v) is 6.94. The van der Waals surface area contributed by atoms with Crippen molar-refractivity contribution in [3.63, 3.8) is 0 Å². The van der Waals surface area contributed by atoms with Gasteiger partial charge in [-0.1, -0.05) is 12.1 Å². The SMILES string of the molecule is COCCOc1cc2ncnc(N3CCN(N(C=O)c4ccc(C5CC5)cc4)CC3)c2cc1OCCOC. The van der Waals surface area contributed by atoms with Crippen LogP contribution < -0.4 is 19.4 Å². The van der Waals surface area contributed by atoms with E-state index in [1.807, 2.05) is 24.3 Å². The molecule has 1 saturated heterocycles. The summed E-state index contributed by atoms with van der Waals surface area (Å²) in [6.45, 7) is 4.52. The topological polar surface area (TPSA) is 89.5 Å². The van der Waals surface area contributed by atoms with Gasteiger partial charge in [0.1, 0.15) is 25.4 Å². The van der Waals surface area contributed by atoms with Gasteiger partial charge in [0, 0.05) is 51.9 Å². The Bertz CT molecular complexity index is 1210. The van der Waals surface area contributed by atoms with Crippen LogP contribution >= 0.6 is 0 Å². The molecular weight excluding hydrogens is 486 g/mol. The zero-order chi connectivity index (χ0) is 26.3. The van der Waals surface area contributed by atoms with Crippen LogP contribution in [0.3, 0.4) is 0 Å². The minimum Gasteiger partial charge on any atom is -0.487 e. The molecule has 10 heteroatoms. The first kappa shape index (κ1) is 26.1. The number of aromatic nitrogens is 2. The first-order chi connectivity index (χ1) is 18.7. The highest BCUT2D eigenvalue weighted by Crippen LogP contribution is 2.40. The van der Waals surface area contributed by atoms with Gasteiger partial charge in [-0.05, 0) is 42.5 Å². The molecule has 0 atom stereocenters. The number of anilines is 2. The van der Waals surface area contributed by atoms with Gasteiger partial charge in [0.25, 0.3) is 0 Å². The number of amides is 1. The average Bonchev–Trinajstić information content (AvgIpc) is 3.80. The summed E-state index contributed by atoms with van der Waals surface area (Å²) >= 11 is 0. The number of benzene rings is 2. The zero-order valence-electron chi connectivity index (χ0n) is 22.0. The van der Waals surface area contributed by atoms with E-state index in [-0.39, 0.29) is 0 Å². The molecule has 1 amide bonds. The van der Waals surface area contributed by atoms with Crippen LogP contribution in [-0.4, -0.2) is 88.2 Å². The Kier molecular flexibility index (Phi) is 8.52. The third-order valence-electron chi connectivity index (χ3n) is 6.94. The zero-order valence-corrected chi connectivity index (χ0v) is 22.0. The molecular formula is C28H35N5O5. The molecule has 0 bridgehead atoms. The fraction of sp³-hybridized carbons (Fsp3) is 0.464. The number of hydrogen-bond donors (Lipinski definition) is 0. The molecule has 38 heavy (non-hydrogen) atoms. The molecule has 2 aromatic carbocycles. The van der Waals surface area contributed by atoms with Gasteiger partial charge < -0.3 is 23.8 Å². The quantitative estimate of drug-likeness (QED) is 0.248. The third kappa shape index (κ3) is 5.98. The van der Waals surface area contributed by atoms with Gasteiger partial charge >= 0.3 is 0 Å². The molecule has 0 unspecified atom stereocenters. The maximum atomic E-state index is 12.0. The number of carbonyl (C=O) groups is 1. The monoisotopic (exact) mass is 521 g/mol. The number of methoxy groups -OCH3 is 2. The normalized spacial score (nSPS) is 16.0. The standard InChI is InChI=1S/C28H35N5O5/c1-35-13-15-37-26-17-24-25(18-27(26)38-16-14-36-2)29-19-30-28(24)31-9-11-32(12-10-31)33(20-34)23-7-5-22(6-8-23)21-3-4-21/h5-8,17-21H,3-4,9-16H2,1-2H3. The lowest BCUT2D eigenvalue weighted by Crippen LogP contribution is -2.54. The number of hydrazine groups is 1. The van der Waals surface area contributed by atoms with Crippen molar-refractivity contribution in [2.75, 3.05) is 76.7 Å². The molecule has 2 aliphatic rings. The molecule has 2 heterocycles. The minimum absolute atomic E-state index is 0.396. The summed E-state index contributed by atoms with van der Waals surface area (Å²) in [7, 11) is 3.28. The van der Waals surface area contributed by atoms with E-state index < -0.39 is 0 Å². The summed E-state index contributed by atoms with van der Waals surface area (Å²) < 4.78 is 22.2. The molecule has 0 N–H and O–H groups in total. The van der Waals surface area contributed by atoms with Gasteiger partial charge in [0.2, 0.25) is 6.41 Å². The van der Waals surface area contributed by atoms with E-state index >= 15 is 0 Å². The maximum Gasteiger partial charge on any atom is 0.228 e. The van der Waals surface area contributed by atoms with Crippen molar-refractivity contribution in [3.05, 3.63) is 48.3 Å². The Morgan fingerprint density at radius 3 is 2.16 bits per heavy atom. The second kappa shape index (κ2) is 12.4. The van der Waals surface area contributed by atoms with E-state index in [1.165, 1.54) is 18.4 Å². The van der Waals surface area contributed by atoms with Crippen molar-refractivity contribution in [2.24, 2.45) is 0 Å². The van der Waals surface area contributed by atoms with Crippen molar-refractivity contribution < 1.29 is 23.7 Å². The van der Waals surface area contributed by atoms with Crippen molar-refractivity contribution in [1.82, 2.24) is 15.0 Å². The van der Waals surface area contributed by atoms with Crippen LogP contribution in [0.15, 0.2) is 42.7 Å². The summed E-state index contributed by atoms with van der Waals surface area (Å²) in [4.78, 5) is 23.4. The molecule has 3 aromatic rings. The Labute approximate surface area is 223 Å². The van der Waals surface area contributed by atoms with Crippen LogP contribution in [-0.2, 0) is 14.3 Å². The summed E-state index contributed by atoms with van der Waals surface area (Å²) in [5, 5.41) is 4.69. The van der Waals surface area contributed by atoms with Crippen LogP contribution in [0.2, 0.25) is 0 Å². The number of rotatable bonds is 13. The minimum atomic E-state index is 0.396. The lowest BCUT2D eigenvalue weighted by atomic mass is 10.1. The van der Waals surface area contributed by atoms with Gasteiger partial charge in [-0.3, -0.25) is 4.79 Å². The fourth-order valence-electron chi connectivity index (χ4n) is 4.73. The molecule has 0 spiro atoms. The number of fused-ring (bicyclic) bond motifs is 1. The van der Waals surface area contributed by atoms with Crippen molar-refractivity contribution in [3.8, 4) is 11.5 Å². The van der Waals surface area contributed by atoms with Gasteiger partial charge in [0.05, 0.1) is 24.4 Å². The highest BCUT2D eigenvalue weighted by molar-refractivity contribution is 5.92. The molecule has 202 valence electrons. The van der Waals surface area contributed by atoms with Crippen LogP contribution in [0.4, 0.5) is 11.5 Å².